The molecule has 4 aromatic rings. The maximum absolute atomic E-state index is 13.4. The topological polar surface area (TPSA) is 84.7 Å². The number of nitrogens with one attached hydrogen (secondary N) is 2. The van der Waals surface area contributed by atoms with Crippen molar-refractivity contribution in [1.82, 2.24) is 25.1 Å². The molecule has 0 aliphatic heterocycles. The van der Waals surface area contributed by atoms with Gasteiger partial charge in [-0.3, -0.25) is 4.79 Å². The Hall–Kier alpha value is -3.81. The number of fused-ring (bicyclic) bond motifs is 1. The zero-order chi connectivity index (χ0) is 23.5. The second-order valence-corrected chi connectivity index (χ2v) is 8.64. The molecule has 0 saturated heterocycles. The zero-order valence-electron chi connectivity index (χ0n) is 19.0. The Bertz CT molecular complexity index is 1280. The number of halogens is 1. The van der Waals surface area contributed by atoms with Gasteiger partial charge < -0.3 is 10.6 Å². The van der Waals surface area contributed by atoms with Crippen LogP contribution in [0.15, 0.2) is 60.8 Å². The predicted octanol–water partition coefficient (Wildman–Crippen LogP) is 4.67. The average molecular weight is 459 g/mol. The number of aryl methyl sites for hydroxylation is 1. The third-order valence-corrected chi connectivity index (χ3v) is 6.30. The first kappa shape index (κ1) is 22.0. The number of carbonyl (C=O) groups is 1. The summed E-state index contributed by atoms with van der Waals surface area (Å²) in [5, 5.41) is 12.1. The first-order valence-electron chi connectivity index (χ1n) is 11.7. The summed E-state index contributed by atoms with van der Waals surface area (Å²) in [6, 6.07) is 16.0. The fourth-order valence-electron chi connectivity index (χ4n) is 4.43. The number of amides is 1. The largest absolute Gasteiger partial charge is 0.367 e. The Morgan fingerprint density at radius 3 is 2.41 bits per heavy atom. The molecule has 1 aliphatic rings. The molecule has 2 heterocycles. The Kier molecular flexibility index (Phi) is 6.20. The van der Waals surface area contributed by atoms with Gasteiger partial charge in [-0.25, -0.2) is 19.0 Å². The number of benzene rings is 2. The lowest BCUT2D eigenvalue weighted by Gasteiger charge is -2.30. The van der Waals surface area contributed by atoms with Gasteiger partial charge in [0.05, 0.1) is 17.3 Å². The minimum absolute atomic E-state index is 0.0182. The van der Waals surface area contributed by atoms with Crippen LogP contribution in [0.5, 0.6) is 0 Å². The van der Waals surface area contributed by atoms with Crippen LogP contribution < -0.4 is 10.6 Å². The summed E-state index contributed by atoms with van der Waals surface area (Å²) in [5.41, 5.74) is 2.14. The number of hydrogen-bond acceptors (Lipinski definition) is 5. The van der Waals surface area contributed by atoms with Crippen LogP contribution in [-0.4, -0.2) is 37.7 Å². The van der Waals surface area contributed by atoms with Crippen LogP contribution in [0.3, 0.4) is 0 Å². The van der Waals surface area contributed by atoms with Crippen molar-refractivity contribution in [3.8, 4) is 5.69 Å². The molecule has 5 rings (SSSR count). The lowest BCUT2D eigenvalue weighted by molar-refractivity contribution is 0.0926. The minimum Gasteiger partial charge on any atom is -0.367 e. The summed E-state index contributed by atoms with van der Waals surface area (Å²) < 4.78 is 15.1. The van der Waals surface area contributed by atoms with E-state index in [1.54, 1.807) is 23.0 Å². The standard InChI is InChI=1S/C26H27FN6O/c1-2-23-31-24(22-16-28-33(25(22)32-23)21-14-8-18(27)9-15-21)29-19-10-12-20(13-11-19)30-26(34)17-6-4-3-5-7-17/h3-9,14-16,19-20H,2,10-13H2,1H3,(H,30,34)(H,29,31,32). The van der Waals surface area contributed by atoms with Crippen LogP contribution in [0.25, 0.3) is 16.7 Å². The highest BCUT2D eigenvalue weighted by molar-refractivity contribution is 5.94. The SMILES string of the molecule is CCc1nc(NC2CCC(NC(=O)c3ccccc3)CC2)c2cnn(-c3ccc(F)cc3)c2n1. The quantitative estimate of drug-likeness (QED) is 0.439. The van der Waals surface area contributed by atoms with Crippen LogP contribution >= 0.6 is 0 Å². The van der Waals surface area contributed by atoms with Gasteiger partial charge in [0, 0.05) is 24.1 Å². The third kappa shape index (κ3) is 4.62. The molecule has 0 bridgehead atoms. The summed E-state index contributed by atoms with van der Waals surface area (Å²) in [6.45, 7) is 2.02. The van der Waals surface area contributed by atoms with E-state index in [-0.39, 0.29) is 23.8 Å². The third-order valence-electron chi connectivity index (χ3n) is 6.30. The maximum atomic E-state index is 13.4. The first-order valence-corrected chi connectivity index (χ1v) is 11.7. The number of nitrogens with zero attached hydrogens (tertiary/aromatic N) is 4. The summed E-state index contributed by atoms with van der Waals surface area (Å²) in [4.78, 5) is 21.9. The van der Waals surface area contributed by atoms with Crippen molar-refractivity contribution in [2.75, 3.05) is 5.32 Å². The fraction of sp³-hybridized carbons (Fsp3) is 0.308. The molecule has 1 amide bonds. The lowest BCUT2D eigenvalue weighted by Crippen LogP contribution is -2.40. The second-order valence-electron chi connectivity index (χ2n) is 8.64. The number of aromatic nitrogens is 4. The molecule has 174 valence electrons. The highest BCUT2D eigenvalue weighted by Crippen LogP contribution is 2.27. The Morgan fingerprint density at radius 2 is 1.71 bits per heavy atom. The monoisotopic (exact) mass is 458 g/mol. The van der Waals surface area contributed by atoms with E-state index in [0.717, 1.165) is 48.4 Å². The van der Waals surface area contributed by atoms with E-state index >= 15 is 0 Å². The molecular weight excluding hydrogens is 431 g/mol. The molecule has 7 nitrogen and oxygen atoms in total. The number of anilines is 1. The Labute approximate surface area is 197 Å². The van der Waals surface area contributed by atoms with E-state index in [1.165, 1.54) is 12.1 Å². The van der Waals surface area contributed by atoms with Crippen molar-refractivity contribution < 1.29 is 9.18 Å². The van der Waals surface area contributed by atoms with E-state index in [1.807, 2.05) is 37.3 Å². The van der Waals surface area contributed by atoms with E-state index in [0.29, 0.717) is 17.6 Å². The van der Waals surface area contributed by atoms with Crippen molar-refractivity contribution in [2.45, 2.75) is 51.1 Å². The molecule has 34 heavy (non-hydrogen) atoms. The second kappa shape index (κ2) is 9.59. The van der Waals surface area contributed by atoms with Crippen LogP contribution in [-0.2, 0) is 6.42 Å². The van der Waals surface area contributed by atoms with Gasteiger partial charge in [-0.15, -0.1) is 0 Å². The molecule has 0 unspecified atom stereocenters. The van der Waals surface area contributed by atoms with E-state index < -0.39 is 0 Å². The maximum Gasteiger partial charge on any atom is 0.251 e. The van der Waals surface area contributed by atoms with Crippen LogP contribution in [0.2, 0.25) is 0 Å². The highest BCUT2D eigenvalue weighted by atomic mass is 19.1. The van der Waals surface area contributed by atoms with Crippen molar-refractivity contribution in [3.05, 3.63) is 78.0 Å². The molecule has 0 spiro atoms. The van der Waals surface area contributed by atoms with Crippen molar-refractivity contribution in [3.63, 3.8) is 0 Å². The highest BCUT2D eigenvalue weighted by Gasteiger charge is 2.24. The van der Waals surface area contributed by atoms with Gasteiger partial charge in [0.2, 0.25) is 0 Å². The van der Waals surface area contributed by atoms with E-state index in [2.05, 4.69) is 20.7 Å². The van der Waals surface area contributed by atoms with Gasteiger partial charge in [0.1, 0.15) is 17.5 Å². The van der Waals surface area contributed by atoms with Gasteiger partial charge in [-0.05, 0) is 62.1 Å². The van der Waals surface area contributed by atoms with Gasteiger partial charge >= 0.3 is 0 Å². The zero-order valence-corrected chi connectivity index (χ0v) is 19.0. The van der Waals surface area contributed by atoms with Crippen LogP contribution in [0, 0.1) is 5.82 Å². The van der Waals surface area contributed by atoms with Gasteiger partial charge in [-0.2, -0.15) is 5.10 Å². The molecule has 0 radical (unpaired) electrons. The lowest BCUT2D eigenvalue weighted by atomic mass is 9.91. The summed E-state index contributed by atoms with van der Waals surface area (Å²) in [7, 11) is 0. The van der Waals surface area contributed by atoms with Gasteiger partial charge in [0.25, 0.3) is 5.91 Å². The molecular formula is C26H27FN6O. The normalized spacial score (nSPS) is 18.1. The number of carbonyl (C=O) groups excluding carboxylic acids is 1. The summed E-state index contributed by atoms with van der Waals surface area (Å²) in [5.74, 6) is 1.19. The van der Waals surface area contributed by atoms with Crippen molar-refractivity contribution in [1.29, 1.82) is 0 Å². The molecule has 1 fully saturated rings. The molecule has 2 aromatic carbocycles. The van der Waals surface area contributed by atoms with E-state index in [9.17, 15) is 9.18 Å². The fourth-order valence-corrected chi connectivity index (χ4v) is 4.43. The Balaban J connectivity index is 1.29. The average Bonchev–Trinajstić information content (AvgIpc) is 3.30. The first-order chi connectivity index (χ1) is 16.6. The van der Waals surface area contributed by atoms with Crippen molar-refractivity contribution >= 4 is 22.8 Å². The van der Waals surface area contributed by atoms with Gasteiger partial charge in [-0.1, -0.05) is 25.1 Å². The molecule has 2 aromatic heterocycles. The van der Waals surface area contributed by atoms with Crippen LogP contribution in [0.1, 0.15) is 48.8 Å². The van der Waals surface area contributed by atoms with E-state index in [4.69, 9.17) is 4.98 Å². The molecule has 1 aliphatic carbocycles. The van der Waals surface area contributed by atoms with Crippen molar-refractivity contribution in [2.24, 2.45) is 0 Å². The molecule has 2 N–H and O–H groups in total. The minimum atomic E-state index is -0.290. The number of rotatable bonds is 6. The van der Waals surface area contributed by atoms with Crippen LogP contribution in [0.4, 0.5) is 10.2 Å². The smallest absolute Gasteiger partial charge is 0.251 e. The summed E-state index contributed by atoms with van der Waals surface area (Å²) in [6.07, 6.45) is 6.11. The molecule has 0 atom stereocenters. The molecule has 8 heteroatoms. The Morgan fingerprint density at radius 1 is 1.00 bits per heavy atom. The van der Waals surface area contributed by atoms with Gasteiger partial charge in [0.15, 0.2) is 5.65 Å². The molecule has 1 saturated carbocycles. The number of hydrogen-bond donors (Lipinski definition) is 2. The summed E-state index contributed by atoms with van der Waals surface area (Å²) >= 11 is 0. The predicted molar refractivity (Wildman–Crippen MR) is 130 cm³/mol.